The lowest BCUT2D eigenvalue weighted by Gasteiger charge is -2.02. The molecule has 2 rings (SSSR count). The first kappa shape index (κ1) is 12.4. The molecular weight excluding hydrogens is 258 g/mol. The third-order valence-electron chi connectivity index (χ3n) is 2.57. The molecule has 0 amide bonds. The van der Waals surface area contributed by atoms with E-state index in [1.165, 1.54) is 18.8 Å². The molecule has 17 heavy (non-hydrogen) atoms. The van der Waals surface area contributed by atoms with Crippen LogP contribution in [0.5, 0.6) is 0 Å². The number of thioether (sulfide) groups is 1. The smallest absolute Gasteiger partial charge is 0.240 e. The highest BCUT2D eigenvalue weighted by Gasteiger charge is 2.14. The van der Waals surface area contributed by atoms with Gasteiger partial charge in [-0.25, -0.2) is 18.1 Å². The second-order valence-corrected chi connectivity index (χ2v) is 6.18. The minimum atomic E-state index is -3.41. The van der Waals surface area contributed by atoms with E-state index in [1.54, 1.807) is 18.2 Å². The number of nitrogens with zero attached hydrogens (tertiary/aromatic N) is 2. The highest BCUT2D eigenvalue weighted by atomic mass is 32.2. The maximum Gasteiger partial charge on any atom is 0.240 e. The van der Waals surface area contributed by atoms with Crippen LogP contribution >= 0.6 is 11.8 Å². The average Bonchev–Trinajstić information content (AvgIpc) is 2.65. The Balaban J connectivity index is 2.67. The monoisotopic (exact) mass is 271 g/mol. The number of benzene rings is 1. The third-order valence-corrected chi connectivity index (χ3v) is 4.72. The summed E-state index contributed by atoms with van der Waals surface area (Å²) < 4.78 is 27.5. The number of aromatic nitrogens is 2. The number of aryl methyl sites for hydroxylation is 1. The number of nitrogens with one attached hydrogen (secondary N) is 1. The first-order valence-electron chi connectivity index (χ1n) is 4.93. The Morgan fingerprint density at radius 2 is 2.12 bits per heavy atom. The molecule has 0 radical (unpaired) electrons. The lowest BCUT2D eigenvalue weighted by Crippen LogP contribution is -2.18. The lowest BCUT2D eigenvalue weighted by molar-refractivity contribution is 0.588. The van der Waals surface area contributed by atoms with E-state index in [4.69, 9.17) is 0 Å². The van der Waals surface area contributed by atoms with Crippen LogP contribution < -0.4 is 4.72 Å². The highest BCUT2D eigenvalue weighted by molar-refractivity contribution is 7.98. The fourth-order valence-corrected chi connectivity index (χ4v) is 2.94. The Morgan fingerprint density at radius 1 is 1.41 bits per heavy atom. The largest absolute Gasteiger partial charge is 0.322 e. The van der Waals surface area contributed by atoms with Crippen LogP contribution in [-0.2, 0) is 17.1 Å². The average molecular weight is 271 g/mol. The standard InChI is InChI=1S/C10H13N3O2S2/c1-11-17(14,15)7-4-5-9-8(6-7)12-10(16-3)13(9)2/h4-6,11H,1-3H3. The van der Waals surface area contributed by atoms with Crippen LogP contribution in [0.4, 0.5) is 0 Å². The minimum absolute atomic E-state index is 0.234. The predicted molar refractivity (Wildman–Crippen MR) is 68.7 cm³/mol. The van der Waals surface area contributed by atoms with Gasteiger partial charge in [-0.2, -0.15) is 0 Å². The SMILES string of the molecule is CNS(=O)(=O)c1ccc2c(c1)nc(SC)n2C. The third kappa shape index (κ3) is 2.05. The molecule has 0 aliphatic rings. The normalized spacial score (nSPS) is 12.2. The number of fused-ring (bicyclic) bond motifs is 1. The Morgan fingerprint density at radius 3 is 2.71 bits per heavy atom. The van der Waals surface area contributed by atoms with Crippen LogP contribution in [0.2, 0.25) is 0 Å². The summed E-state index contributed by atoms with van der Waals surface area (Å²) in [4.78, 5) is 4.61. The molecule has 1 aromatic carbocycles. The van der Waals surface area contributed by atoms with Crippen LogP contribution in [0.15, 0.2) is 28.3 Å². The van der Waals surface area contributed by atoms with Crippen molar-refractivity contribution in [2.45, 2.75) is 10.1 Å². The van der Waals surface area contributed by atoms with Gasteiger partial charge in [0.1, 0.15) is 0 Å². The molecule has 0 aliphatic heterocycles. The summed E-state index contributed by atoms with van der Waals surface area (Å²) in [6, 6.07) is 4.94. The minimum Gasteiger partial charge on any atom is -0.322 e. The molecule has 5 nitrogen and oxygen atoms in total. The second-order valence-electron chi connectivity index (χ2n) is 3.52. The predicted octanol–water partition coefficient (Wildman–Crippen LogP) is 1.20. The van der Waals surface area contributed by atoms with Crippen molar-refractivity contribution in [3.63, 3.8) is 0 Å². The lowest BCUT2D eigenvalue weighted by atomic mass is 10.3. The molecule has 0 bridgehead atoms. The van der Waals surface area contributed by atoms with Gasteiger partial charge in [-0.1, -0.05) is 11.8 Å². The summed E-state index contributed by atoms with van der Waals surface area (Å²) in [6.45, 7) is 0. The topological polar surface area (TPSA) is 64.0 Å². The molecule has 0 saturated heterocycles. The van der Waals surface area contributed by atoms with Crippen LogP contribution in [0.3, 0.4) is 0 Å². The van der Waals surface area contributed by atoms with Gasteiger partial charge in [-0.15, -0.1) is 0 Å². The van der Waals surface area contributed by atoms with Gasteiger partial charge in [0.25, 0.3) is 0 Å². The van der Waals surface area contributed by atoms with Crippen molar-refractivity contribution in [1.29, 1.82) is 0 Å². The van der Waals surface area contributed by atoms with Crippen molar-refractivity contribution >= 4 is 32.8 Å². The molecule has 2 aromatic rings. The second kappa shape index (κ2) is 4.32. The molecule has 0 fully saturated rings. The Kier molecular flexibility index (Phi) is 3.15. The van der Waals surface area contributed by atoms with Gasteiger partial charge in [0.15, 0.2) is 5.16 Å². The number of hydrogen-bond acceptors (Lipinski definition) is 4. The van der Waals surface area contributed by atoms with Gasteiger partial charge in [-0.05, 0) is 31.5 Å². The molecule has 0 unspecified atom stereocenters. The van der Waals surface area contributed by atoms with Gasteiger partial charge < -0.3 is 4.57 Å². The van der Waals surface area contributed by atoms with E-state index < -0.39 is 10.0 Å². The molecule has 0 atom stereocenters. The molecular formula is C10H13N3O2S2. The molecule has 0 saturated carbocycles. The van der Waals surface area contributed by atoms with E-state index in [2.05, 4.69) is 9.71 Å². The number of rotatable bonds is 3. The molecule has 0 spiro atoms. The molecule has 7 heteroatoms. The quantitative estimate of drug-likeness (QED) is 0.852. The fourth-order valence-electron chi connectivity index (χ4n) is 1.63. The van der Waals surface area contributed by atoms with Crippen LogP contribution in [0.1, 0.15) is 0 Å². The summed E-state index contributed by atoms with van der Waals surface area (Å²) in [5, 5.41) is 0.860. The van der Waals surface area contributed by atoms with Crippen molar-refractivity contribution in [1.82, 2.24) is 14.3 Å². The van der Waals surface area contributed by atoms with Crippen molar-refractivity contribution in [3.8, 4) is 0 Å². The number of hydrogen-bond donors (Lipinski definition) is 1. The molecule has 1 heterocycles. The van der Waals surface area contributed by atoms with E-state index in [9.17, 15) is 8.42 Å². The van der Waals surface area contributed by atoms with E-state index >= 15 is 0 Å². The summed E-state index contributed by atoms with van der Waals surface area (Å²) in [6.07, 6.45) is 1.94. The summed E-state index contributed by atoms with van der Waals surface area (Å²) in [7, 11) is -0.102. The summed E-state index contributed by atoms with van der Waals surface area (Å²) >= 11 is 1.53. The molecule has 1 aromatic heterocycles. The van der Waals surface area contributed by atoms with Crippen molar-refractivity contribution in [2.75, 3.05) is 13.3 Å². The molecule has 1 N–H and O–H groups in total. The van der Waals surface area contributed by atoms with Crippen LogP contribution in [0.25, 0.3) is 11.0 Å². The molecule has 92 valence electrons. The van der Waals surface area contributed by atoms with Gasteiger partial charge >= 0.3 is 0 Å². The fraction of sp³-hybridized carbons (Fsp3) is 0.300. The van der Waals surface area contributed by atoms with Crippen LogP contribution in [-0.4, -0.2) is 31.3 Å². The zero-order valence-corrected chi connectivity index (χ0v) is 11.4. The maximum atomic E-state index is 11.7. The van der Waals surface area contributed by atoms with Gasteiger partial charge in [0.2, 0.25) is 10.0 Å². The zero-order chi connectivity index (χ0) is 12.6. The summed E-state index contributed by atoms with van der Waals surface area (Å²) in [5.74, 6) is 0. The van der Waals surface area contributed by atoms with Crippen molar-refractivity contribution < 1.29 is 8.42 Å². The summed E-state index contributed by atoms with van der Waals surface area (Å²) in [5.41, 5.74) is 1.61. The number of sulfonamides is 1. The first-order valence-corrected chi connectivity index (χ1v) is 7.64. The van der Waals surface area contributed by atoms with E-state index in [0.29, 0.717) is 5.52 Å². The van der Waals surface area contributed by atoms with Gasteiger partial charge in [-0.3, -0.25) is 0 Å². The van der Waals surface area contributed by atoms with Gasteiger partial charge in [0, 0.05) is 7.05 Å². The Bertz CT molecular complexity index is 661. The van der Waals surface area contributed by atoms with E-state index in [-0.39, 0.29) is 4.90 Å². The Hall–Kier alpha value is -1.05. The van der Waals surface area contributed by atoms with Crippen LogP contribution in [0, 0.1) is 0 Å². The Labute approximate surface area is 104 Å². The first-order chi connectivity index (χ1) is 7.99. The van der Waals surface area contributed by atoms with Crippen molar-refractivity contribution in [3.05, 3.63) is 18.2 Å². The number of imidazole rings is 1. The van der Waals surface area contributed by atoms with Crippen molar-refractivity contribution in [2.24, 2.45) is 7.05 Å². The highest BCUT2D eigenvalue weighted by Crippen LogP contribution is 2.23. The van der Waals surface area contributed by atoms with Gasteiger partial charge in [0.05, 0.1) is 15.9 Å². The maximum absolute atomic E-state index is 11.7. The van der Waals surface area contributed by atoms with E-state index in [0.717, 1.165) is 10.7 Å². The van der Waals surface area contributed by atoms with E-state index in [1.807, 2.05) is 17.9 Å². The zero-order valence-electron chi connectivity index (χ0n) is 9.76. The molecule has 0 aliphatic carbocycles.